The van der Waals surface area contributed by atoms with Crippen LogP contribution in [0.4, 0.5) is 5.82 Å². The van der Waals surface area contributed by atoms with Crippen molar-refractivity contribution < 1.29 is 9.72 Å². The number of aromatic nitrogens is 2. The number of amides is 1. The maximum atomic E-state index is 13.4. The van der Waals surface area contributed by atoms with Gasteiger partial charge in [0.15, 0.2) is 0 Å². The monoisotopic (exact) mass is 440 g/mol. The van der Waals surface area contributed by atoms with E-state index in [0.29, 0.717) is 30.9 Å². The lowest BCUT2D eigenvalue weighted by Gasteiger charge is -2.23. The van der Waals surface area contributed by atoms with Crippen LogP contribution in [0.15, 0.2) is 91.0 Å². The predicted molar refractivity (Wildman–Crippen MR) is 126 cm³/mol. The molecule has 166 valence electrons. The van der Waals surface area contributed by atoms with E-state index >= 15 is 0 Å². The van der Waals surface area contributed by atoms with Gasteiger partial charge in [0.25, 0.3) is 5.91 Å². The molecule has 7 heteroatoms. The summed E-state index contributed by atoms with van der Waals surface area (Å²) in [5.74, 6) is -0.225. The Morgan fingerprint density at radius 3 is 1.91 bits per heavy atom. The van der Waals surface area contributed by atoms with E-state index in [4.69, 9.17) is 0 Å². The van der Waals surface area contributed by atoms with Gasteiger partial charge in [0.1, 0.15) is 0 Å². The fraction of sp³-hybridized carbons (Fsp3) is 0.154. The zero-order valence-electron chi connectivity index (χ0n) is 18.3. The second-order valence-corrected chi connectivity index (χ2v) is 7.89. The van der Waals surface area contributed by atoms with Crippen molar-refractivity contribution in [3.05, 3.63) is 129 Å². The van der Waals surface area contributed by atoms with Crippen LogP contribution in [0.25, 0.3) is 0 Å². The van der Waals surface area contributed by atoms with E-state index in [2.05, 4.69) is 5.10 Å². The number of rotatable bonds is 8. The first-order chi connectivity index (χ1) is 16.0. The van der Waals surface area contributed by atoms with E-state index in [9.17, 15) is 14.9 Å². The molecule has 0 aliphatic carbocycles. The molecule has 0 saturated carbocycles. The number of hydrogen-bond acceptors (Lipinski definition) is 4. The van der Waals surface area contributed by atoms with Crippen molar-refractivity contribution in [2.24, 2.45) is 0 Å². The van der Waals surface area contributed by atoms with Crippen LogP contribution in [-0.4, -0.2) is 25.5 Å². The predicted octanol–water partition coefficient (Wildman–Crippen LogP) is 4.99. The molecule has 1 heterocycles. The summed E-state index contributed by atoms with van der Waals surface area (Å²) < 4.78 is 1.59. The van der Waals surface area contributed by atoms with Crippen molar-refractivity contribution in [2.45, 2.75) is 26.6 Å². The highest BCUT2D eigenvalue weighted by molar-refractivity contribution is 5.94. The molecule has 0 unspecified atom stereocenters. The molecular formula is C26H24N4O3. The van der Waals surface area contributed by atoms with Crippen LogP contribution in [0.1, 0.15) is 32.7 Å². The summed E-state index contributed by atoms with van der Waals surface area (Å²) in [6.07, 6.45) is 0. The Hall–Kier alpha value is -4.26. The fourth-order valence-electron chi connectivity index (χ4n) is 3.66. The zero-order valence-corrected chi connectivity index (χ0v) is 18.3. The summed E-state index contributed by atoms with van der Waals surface area (Å²) in [5.41, 5.74) is 4.33. The molecule has 0 atom stereocenters. The van der Waals surface area contributed by atoms with Crippen LogP contribution < -0.4 is 0 Å². The van der Waals surface area contributed by atoms with E-state index in [1.54, 1.807) is 23.7 Å². The molecule has 1 aromatic heterocycles. The first-order valence-corrected chi connectivity index (χ1v) is 10.6. The quantitative estimate of drug-likeness (QED) is 0.285. The number of carbonyl (C=O) groups is 1. The molecule has 0 aliphatic rings. The molecule has 0 N–H and O–H groups in total. The number of aryl methyl sites for hydroxylation is 1. The van der Waals surface area contributed by atoms with Crippen LogP contribution in [0, 0.1) is 17.0 Å². The lowest BCUT2D eigenvalue weighted by atomic mass is 10.1. The van der Waals surface area contributed by atoms with Gasteiger partial charge in [0.2, 0.25) is 0 Å². The molecule has 0 aliphatic heterocycles. The maximum Gasteiger partial charge on any atom is 0.390 e. The Balaban J connectivity index is 1.52. The Morgan fingerprint density at radius 1 is 0.879 bits per heavy atom. The number of benzene rings is 3. The third kappa shape index (κ3) is 5.51. The lowest BCUT2D eigenvalue weighted by molar-refractivity contribution is -0.389. The topological polar surface area (TPSA) is 81.3 Å². The van der Waals surface area contributed by atoms with Crippen molar-refractivity contribution in [3.8, 4) is 0 Å². The van der Waals surface area contributed by atoms with E-state index in [0.717, 1.165) is 16.7 Å². The standard InChI is InChI=1S/C26H24N4O3/c1-20-16-25(30(32)33)27-29(20)19-23-12-14-24(15-13-23)26(31)28(17-21-8-4-2-5-9-21)18-22-10-6-3-7-11-22/h2-16H,17-19H2,1H3. The number of hydrogen-bond donors (Lipinski definition) is 0. The van der Waals surface area contributed by atoms with Crippen LogP contribution in [0.3, 0.4) is 0 Å². The van der Waals surface area contributed by atoms with Gasteiger partial charge in [0, 0.05) is 18.7 Å². The fourth-order valence-corrected chi connectivity index (χ4v) is 3.66. The minimum absolute atomic E-state index is 0.0554. The molecular weight excluding hydrogens is 416 g/mol. The van der Waals surface area contributed by atoms with Gasteiger partial charge in [-0.15, -0.1) is 0 Å². The smallest absolute Gasteiger partial charge is 0.358 e. The summed E-state index contributed by atoms with van der Waals surface area (Å²) in [4.78, 5) is 25.7. The highest BCUT2D eigenvalue weighted by Crippen LogP contribution is 2.17. The van der Waals surface area contributed by atoms with Crippen molar-refractivity contribution in [1.29, 1.82) is 0 Å². The van der Waals surface area contributed by atoms with E-state index < -0.39 is 4.92 Å². The molecule has 4 aromatic rings. The SMILES string of the molecule is Cc1cc([N+](=O)[O-])nn1Cc1ccc(C(=O)N(Cc2ccccc2)Cc2ccccc2)cc1. The van der Waals surface area contributed by atoms with Gasteiger partial charge in [-0.05, 0) is 40.7 Å². The largest absolute Gasteiger partial charge is 0.390 e. The van der Waals surface area contributed by atoms with Crippen LogP contribution in [-0.2, 0) is 19.6 Å². The highest BCUT2D eigenvalue weighted by atomic mass is 16.6. The lowest BCUT2D eigenvalue weighted by Crippen LogP contribution is -2.30. The number of carbonyl (C=O) groups excluding carboxylic acids is 1. The van der Waals surface area contributed by atoms with Gasteiger partial charge >= 0.3 is 5.82 Å². The van der Waals surface area contributed by atoms with E-state index in [-0.39, 0.29) is 11.7 Å². The van der Waals surface area contributed by atoms with E-state index in [1.807, 2.05) is 77.7 Å². The van der Waals surface area contributed by atoms with Crippen LogP contribution in [0.5, 0.6) is 0 Å². The third-order valence-corrected chi connectivity index (χ3v) is 5.41. The average molecular weight is 441 g/mol. The van der Waals surface area contributed by atoms with Gasteiger partial charge in [-0.25, -0.2) is 0 Å². The molecule has 0 bridgehead atoms. The highest BCUT2D eigenvalue weighted by Gasteiger charge is 2.18. The molecule has 3 aromatic carbocycles. The van der Waals surface area contributed by atoms with E-state index in [1.165, 1.54) is 6.07 Å². The van der Waals surface area contributed by atoms with Crippen molar-refractivity contribution >= 4 is 11.7 Å². The first-order valence-electron chi connectivity index (χ1n) is 10.6. The molecule has 1 amide bonds. The van der Waals surface area contributed by atoms with Crippen molar-refractivity contribution in [1.82, 2.24) is 14.7 Å². The van der Waals surface area contributed by atoms with Crippen molar-refractivity contribution in [3.63, 3.8) is 0 Å². The Kier molecular flexibility index (Phi) is 6.59. The minimum Gasteiger partial charge on any atom is -0.358 e. The molecule has 0 saturated heterocycles. The molecule has 0 radical (unpaired) electrons. The Bertz CT molecular complexity index is 1190. The molecule has 33 heavy (non-hydrogen) atoms. The summed E-state index contributed by atoms with van der Waals surface area (Å²) in [6.45, 7) is 3.19. The van der Waals surface area contributed by atoms with Gasteiger partial charge < -0.3 is 15.0 Å². The Morgan fingerprint density at radius 2 is 1.42 bits per heavy atom. The van der Waals surface area contributed by atoms with Crippen LogP contribution in [0.2, 0.25) is 0 Å². The molecule has 0 fully saturated rings. The molecule has 7 nitrogen and oxygen atoms in total. The summed E-state index contributed by atoms with van der Waals surface area (Å²) in [7, 11) is 0. The molecule has 4 rings (SSSR count). The molecule has 0 spiro atoms. The van der Waals surface area contributed by atoms with Gasteiger partial charge in [0.05, 0.1) is 23.4 Å². The number of nitro groups is 1. The zero-order chi connectivity index (χ0) is 23.2. The summed E-state index contributed by atoms with van der Waals surface area (Å²) >= 11 is 0. The number of nitrogens with zero attached hydrogens (tertiary/aromatic N) is 4. The van der Waals surface area contributed by atoms with Gasteiger partial charge in [-0.3, -0.25) is 4.79 Å². The minimum atomic E-state index is -0.501. The summed E-state index contributed by atoms with van der Waals surface area (Å²) in [5, 5.41) is 15.0. The first kappa shape index (κ1) is 22.0. The summed E-state index contributed by atoms with van der Waals surface area (Å²) in [6, 6.07) is 28.6. The van der Waals surface area contributed by atoms with Crippen LogP contribution >= 0.6 is 0 Å². The Labute approximate surface area is 192 Å². The normalized spacial score (nSPS) is 10.7. The van der Waals surface area contributed by atoms with Crippen molar-refractivity contribution in [2.75, 3.05) is 0 Å². The average Bonchev–Trinajstić information content (AvgIpc) is 3.20. The maximum absolute atomic E-state index is 13.4. The second kappa shape index (κ2) is 9.91. The van der Waals surface area contributed by atoms with Gasteiger partial charge in [-0.1, -0.05) is 72.8 Å². The van der Waals surface area contributed by atoms with Gasteiger partial charge in [-0.2, -0.15) is 4.68 Å². The third-order valence-electron chi connectivity index (χ3n) is 5.41. The second-order valence-electron chi connectivity index (χ2n) is 7.89.